The fraction of sp³-hybridized carbons (Fsp3) is 0.480. The number of carbonyl (C=O) groups is 1. The molecule has 4 aliphatic rings. The van der Waals surface area contributed by atoms with Crippen LogP contribution in [0.4, 0.5) is 0 Å². The maximum Gasteiger partial charge on any atom is 0.335 e. The van der Waals surface area contributed by atoms with E-state index in [4.69, 9.17) is 9.84 Å². The second-order valence-corrected chi connectivity index (χ2v) is 9.60. The molecule has 2 N–H and O–H groups in total. The zero-order chi connectivity index (χ0) is 20.0. The molecular formula is C25H28O4. The topological polar surface area (TPSA) is 66.8 Å². The predicted octanol–water partition coefficient (Wildman–Crippen LogP) is 5.06. The summed E-state index contributed by atoms with van der Waals surface area (Å²) in [5.74, 6) is 2.67. The number of aromatic carboxylic acids is 1. The standard InChI is InChI=1S/C25H28O4/c26-23(19-1-3-21(4-2-19)24(27)28)20-5-7-22(8-6-20)29-15-25-12-16-9-17(13-25)11-18(10-16)14-25/h1-8,16-18,23,26H,9-15H2,(H,27,28). The molecule has 4 aliphatic carbocycles. The molecule has 0 saturated heterocycles. The summed E-state index contributed by atoms with van der Waals surface area (Å²) in [4.78, 5) is 11.0. The Morgan fingerprint density at radius 3 is 1.86 bits per heavy atom. The van der Waals surface area contributed by atoms with Crippen molar-refractivity contribution >= 4 is 5.97 Å². The van der Waals surface area contributed by atoms with Gasteiger partial charge in [0.2, 0.25) is 0 Å². The molecule has 4 nitrogen and oxygen atoms in total. The van der Waals surface area contributed by atoms with Gasteiger partial charge >= 0.3 is 5.97 Å². The van der Waals surface area contributed by atoms with Gasteiger partial charge in [-0.2, -0.15) is 0 Å². The van der Waals surface area contributed by atoms with Crippen LogP contribution in [0.2, 0.25) is 0 Å². The molecule has 1 unspecified atom stereocenters. The van der Waals surface area contributed by atoms with Crippen LogP contribution in [0.1, 0.15) is 66.1 Å². The highest BCUT2D eigenvalue weighted by Gasteiger charge is 2.51. The van der Waals surface area contributed by atoms with Gasteiger partial charge in [0.05, 0.1) is 12.2 Å². The van der Waals surface area contributed by atoms with Gasteiger partial charge in [-0.15, -0.1) is 0 Å². The van der Waals surface area contributed by atoms with Gasteiger partial charge < -0.3 is 14.9 Å². The lowest BCUT2D eigenvalue weighted by atomic mass is 9.50. The van der Waals surface area contributed by atoms with Crippen molar-refractivity contribution < 1.29 is 19.7 Å². The molecular weight excluding hydrogens is 364 g/mol. The molecule has 4 saturated carbocycles. The van der Waals surface area contributed by atoms with Crippen LogP contribution in [0.15, 0.2) is 48.5 Å². The van der Waals surface area contributed by atoms with Crippen LogP contribution in [0.25, 0.3) is 0 Å². The van der Waals surface area contributed by atoms with Crippen LogP contribution in [-0.2, 0) is 0 Å². The lowest BCUT2D eigenvalue weighted by molar-refractivity contribution is -0.0745. The van der Waals surface area contributed by atoms with Crippen LogP contribution in [0, 0.1) is 23.2 Å². The zero-order valence-electron chi connectivity index (χ0n) is 16.6. The summed E-state index contributed by atoms with van der Waals surface area (Å²) in [6.07, 6.45) is 7.56. The predicted molar refractivity (Wildman–Crippen MR) is 110 cm³/mol. The Bertz CT molecular complexity index is 849. The minimum Gasteiger partial charge on any atom is -0.493 e. The van der Waals surface area contributed by atoms with Crippen LogP contribution >= 0.6 is 0 Å². The first-order valence-corrected chi connectivity index (χ1v) is 10.7. The van der Waals surface area contributed by atoms with Crippen molar-refractivity contribution in [3.05, 3.63) is 65.2 Å². The Morgan fingerprint density at radius 1 is 0.897 bits per heavy atom. The molecule has 0 radical (unpaired) electrons. The average Bonchev–Trinajstić information content (AvgIpc) is 2.71. The number of hydrogen-bond donors (Lipinski definition) is 2. The van der Waals surface area contributed by atoms with E-state index in [1.54, 1.807) is 12.1 Å². The molecule has 4 bridgehead atoms. The van der Waals surface area contributed by atoms with Crippen molar-refractivity contribution in [1.29, 1.82) is 0 Å². The van der Waals surface area contributed by atoms with Crippen LogP contribution in [0.3, 0.4) is 0 Å². The molecule has 2 aromatic rings. The van der Waals surface area contributed by atoms with Crippen molar-refractivity contribution in [2.45, 2.75) is 44.6 Å². The molecule has 0 aliphatic heterocycles. The van der Waals surface area contributed by atoms with Gasteiger partial charge in [0.25, 0.3) is 0 Å². The van der Waals surface area contributed by atoms with E-state index in [1.807, 2.05) is 24.3 Å². The van der Waals surface area contributed by atoms with E-state index < -0.39 is 12.1 Å². The Morgan fingerprint density at radius 2 is 1.38 bits per heavy atom. The first-order valence-electron chi connectivity index (χ1n) is 10.7. The van der Waals surface area contributed by atoms with Crippen LogP contribution in [0.5, 0.6) is 5.75 Å². The van der Waals surface area contributed by atoms with E-state index in [1.165, 1.54) is 50.7 Å². The second kappa shape index (κ2) is 7.17. The number of aliphatic hydroxyl groups excluding tert-OH is 1. The molecule has 4 fully saturated rings. The third kappa shape index (κ3) is 3.66. The van der Waals surface area contributed by atoms with Crippen molar-refractivity contribution in [2.75, 3.05) is 6.61 Å². The Labute approximate surface area is 171 Å². The van der Waals surface area contributed by atoms with Crippen LogP contribution in [-0.4, -0.2) is 22.8 Å². The molecule has 6 rings (SSSR count). The Balaban J connectivity index is 1.23. The lowest BCUT2D eigenvalue weighted by Gasteiger charge is -2.56. The van der Waals surface area contributed by atoms with Gasteiger partial charge in [0, 0.05) is 5.41 Å². The SMILES string of the molecule is O=C(O)c1ccc(C(O)c2ccc(OCC34CC5CC(CC(C5)C3)C4)cc2)cc1. The molecule has 29 heavy (non-hydrogen) atoms. The van der Waals surface area contributed by atoms with E-state index in [0.717, 1.165) is 35.7 Å². The van der Waals surface area contributed by atoms with Gasteiger partial charge in [-0.25, -0.2) is 4.79 Å². The molecule has 0 amide bonds. The molecule has 4 heteroatoms. The van der Waals surface area contributed by atoms with Gasteiger partial charge in [0.1, 0.15) is 11.9 Å². The number of carboxylic acids is 1. The van der Waals surface area contributed by atoms with Crippen LogP contribution < -0.4 is 4.74 Å². The summed E-state index contributed by atoms with van der Waals surface area (Å²) in [6.45, 7) is 0.815. The van der Waals surface area contributed by atoms with Crippen molar-refractivity contribution in [3.8, 4) is 5.75 Å². The highest BCUT2D eigenvalue weighted by atomic mass is 16.5. The van der Waals surface area contributed by atoms with Crippen molar-refractivity contribution in [2.24, 2.45) is 23.2 Å². The van der Waals surface area contributed by atoms with Crippen molar-refractivity contribution in [1.82, 2.24) is 0 Å². The smallest absolute Gasteiger partial charge is 0.335 e. The number of benzene rings is 2. The summed E-state index contributed by atoms with van der Waals surface area (Å²) < 4.78 is 6.23. The number of hydrogen-bond acceptors (Lipinski definition) is 3. The third-order valence-electron chi connectivity index (χ3n) is 7.38. The Kier molecular flexibility index (Phi) is 4.62. The number of carboxylic acid groups (broad SMARTS) is 1. The first kappa shape index (κ1) is 18.7. The summed E-state index contributed by atoms with van der Waals surface area (Å²) in [6, 6.07) is 14.0. The number of ether oxygens (including phenoxy) is 1. The summed E-state index contributed by atoms with van der Waals surface area (Å²) in [5, 5.41) is 19.6. The maximum absolute atomic E-state index is 11.0. The molecule has 1 atom stereocenters. The van der Waals surface area contributed by atoms with Gasteiger partial charge in [0.15, 0.2) is 0 Å². The fourth-order valence-electron chi connectivity index (χ4n) is 6.45. The van der Waals surface area contributed by atoms with E-state index in [-0.39, 0.29) is 5.56 Å². The molecule has 0 aromatic heterocycles. The highest BCUT2D eigenvalue weighted by Crippen LogP contribution is 2.60. The highest BCUT2D eigenvalue weighted by molar-refractivity contribution is 5.87. The summed E-state index contributed by atoms with van der Waals surface area (Å²) in [5.41, 5.74) is 2.06. The second-order valence-electron chi connectivity index (χ2n) is 9.60. The lowest BCUT2D eigenvalue weighted by Crippen LogP contribution is -2.48. The quantitative estimate of drug-likeness (QED) is 0.721. The van der Waals surface area contributed by atoms with Gasteiger partial charge in [-0.3, -0.25) is 0 Å². The van der Waals surface area contributed by atoms with E-state index >= 15 is 0 Å². The molecule has 0 spiro atoms. The number of aliphatic hydroxyl groups is 1. The zero-order valence-corrected chi connectivity index (χ0v) is 16.6. The van der Waals surface area contributed by atoms with Gasteiger partial charge in [-0.1, -0.05) is 24.3 Å². The van der Waals surface area contributed by atoms with E-state index in [2.05, 4.69) is 0 Å². The normalized spacial score (nSPS) is 30.9. The molecule has 0 heterocycles. The summed E-state index contributed by atoms with van der Waals surface area (Å²) in [7, 11) is 0. The minimum atomic E-state index is -0.966. The monoisotopic (exact) mass is 392 g/mol. The van der Waals surface area contributed by atoms with E-state index in [9.17, 15) is 9.90 Å². The largest absolute Gasteiger partial charge is 0.493 e. The fourth-order valence-corrected chi connectivity index (χ4v) is 6.45. The molecule has 152 valence electrons. The number of rotatable bonds is 6. The Hall–Kier alpha value is -2.33. The summed E-state index contributed by atoms with van der Waals surface area (Å²) >= 11 is 0. The van der Waals surface area contributed by atoms with Crippen molar-refractivity contribution in [3.63, 3.8) is 0 Å². The maximum atomic E-state index is 11.0. The third-order valence-corrected chi connectivity index (χ3v) is 7.38. The first-order chi connectivity index (χ1) is 14.0. The van der Waals surface area contributed by atoms with E-state index in [0.29, 0.717) is 11.0 Å². The van der Waals surface area contributed by atoms with Gasteiger partial charge in [-0.05, 0) is 91.7 Å². The average molecular weight is 392 g/mol. The minimum absolute atomic E-state index is 0.217. The molecule has 2 aromatic carbocycles.